The molecular weight excluding hydrogens is 701 g/mol. The summed E-state index contributed by atoms with van der Waals surface area (Å²) in [6, 6.07) is 76.2. The molecule has 13 rings (SSSR count). The van der Waals surface area contributed by atoms with Crippen LogP contribution in [0.3, 0.4) is 0 Å². The minimum Gasteiger partial charge on any atom is -0.309 e. The van der Waals surface area contributed by atoms with E-state index in [4.69, 9.17) is 0 Å². The smallest absolute Gasteiger partial charge is 0.0619 e. The quantitative estimate of drug-likeness (QED) is 0.170. The molecule has 2 nitrogen and oxygen atoms in total. The number of hydrogen-bond acceptors (Lipinski definition) is 0. The van der Waals surface area contributed by atoms with E-state index in [1.165, 1.54) is 115 Å². The van der Waals surface area contributed by atoms with Gasteiger partial charge in [0.2, 0.25) is 0 Å². The van der Waals surface area contributed by atoms with Crippen molar-refractivity contribution in [1.82, 2.24) is 9.13 Å². The molecule has 1 aliphatic carbocycles. The second kappa shape index (κ2) is 11.9. The van der Waals surface area contributed by atoms with Crippen LogP contribution in [0.2, 0.25) is 0 Å². The third-order valence-electron chi connectivity index (χ3n) is 12.6. The van der Waals surface area contributed by atoms with Crippen molar-refractivity contribution in [2.75, 3.05) is 0 Å². The van der Waals surface area contributed by atoms with E-state index in [1.807, 2.05) is 0 Å². The highest BCUT2D eigenvalue weighted by molar-refractivity contribution is 6.20. The standard InChI is InChI=1S/C56H34N2/c1-2-13-41(14-3-1)58-53-31-25-39(33-51(53)49-30-22-36-10-4-5-15-43(36)56(49)58)40-24-29-46-45-16-6-7-19-52(45)57(54(46)34-40)42-26-20-35(21-27-42)38-23-28-44-47-17-8-11-37-12-9-18-48(55(37)47)50(44)32-38/h1-34H. The van der Waals surface area contributed by atoms with Crippen molar-refractivity contribution in [1.29, 1.82) is 0 Å². The minimum absolute atomic E-state index is 1.15. The summed E-state index contributed by atoms with van der Waals surface area (Å²) in [6.07, 6.45) is 0. The molecule has 0 spiro atoms. The molecule has 58 heavy (non-hydrogen) atoms. The van der Waals surface area contributed by atoms with Crippen molar-refractivity contribution in [2.45, 2.75) is 0 Å². The van der Waals surface area contributed by atoms with E-state index in [0.717, 1.165) is 5.69 Å². The number of fused-ring (bicyclic) bond motifs is 11. The lowest BCUT2D eigenvalue weighted by atomic mass is 9.97. The summed E-state index contributed by atoms with van der Waals surface area (Å²) in [4.78, 5) is 0. The maximum Gasteiger partial charge on any atom is 0.0619 e. The molecule has 0 bridgehead atoms. The summed E-state index contributed by atoms with van der Waals surface area (Å²) >= 11 is 0. The van der Waals surface area contributed by atoms with Gasteiger partial charge in [-0.05, 0) is 115 Å². The predicted molar refractivity (Wildman–Crippen MR) is 245 cm³/mol. The second-order valence-corrected chi connectivity index (χ2v) is 15.7. The Hall–Kier alpha value is -7.68. The third kappa shape index (κ3) is 4.43. The summed E-state index contributed by atoms with van der Waals surface area (Å²) in [7, 11) is 0. The number of benzene rings is 10. The van der Waals surface area contributed by atoms with E-state index >= 15 is 0 Å². The van der Waals surface area contributed by atoms with E-state index in [0.29, 0.717) is 0 Å². The van der Waals surface area contributed by atoms with Crippen LogP contribution in [0, 0.1) is 0 Å². The van der Waals surface area contributed by atoms with Crippen LogP contribution in [-0.2, 0) is 0 Å². The molecule has 2 aromatic heterocycles. The first kappa shape index (κ1) is 31.5. The maximum absolute atomic E-state index is 2.43. The number of aromatic nitrogens is 2. The lowest BCUT2D eigenvalue weighted by molar-refractivity contribution is 1.18. The van der Waals surface area contributed by atoms with Crippen molar-refractivity contribution < 1.29 is 0 Å². The maximum atomic E-state index is 2.43. The van der Waals surface area contributed by atoms with Crippen molar-refractivity contribution in [3.8, 4) is 55.9 Å². The molecule has 0 saturated carbocycles. The van der Waals surface area contributed by atoms with Crippen LogP contribution < -0.4 is 0 Å². The molecule has 268 valence electrons. The summed E-state index contributed by atoms with van der Waals surface area (Å²) in [5.74, 6) is 0. The normalized spacial score (nSPS) is 12.1. The Morgan fingerprint density at radius 1 is 0.259 bits per heavy atom. The van der Waals surface area contributed by atoms with Gasteiger partial charge in [-0.3, -0.25) is 0 Å². The number of hydrogen-bond donors (Lipinski definition) is 0. The van der Waals surface area contributed by atoms with Gasteiger partial charge in [0, 0.05) is 38.3 Å². The van der Waals surface area contributed by atoms with Gasteiger partial charge in [0.05, 0.1) is 22.1 Å². The molecule has 12 aromatic rings. The van der Waals surface area contributed by atoms with Crippen molar-refractivity contribution >= 4 is 65.2 Å². The average Bonchev–Trinajstić information content (AvgIpc) is 3.93. The van der Waals surface area contributed by atoms with Crippen molar-refractivity contribution in [3.63, 3.8) is 0 Å². The summed E-state index contributed by atoms with van der Waals surface area (Å²) in [6.45, 7) is 0. The van der Waals surface area contributed by atoms with Gasteiger partial charge in [-0.2, -0.15) is 0 Å². The topological polar surface area (TPSA) is 9.86 Å². The predicted octanol–water partition coefficient (Wildman–Crippen LogP) is 15.2. The third-order valence-corrected chi connectivity index (χ3v) is 12.6. The SMILES string of the molecule is c1ccc(-n2c3ccc(-c4ccc5c6ccccc6n(-c6ccc(-c7ccc8c(c7)-c7cccc9cccc-8c79)cc6)c5c4)cc3c3ccc4ccccc4c32)cc1. The van der Waals surface area contributed by atoms with Crippen LogP contribution in [0.15, 0.2) is 206 Å². The van der Waals surface area contributed by atoms with Crippen LogP contribution >= 0.6 is 0 Å². The molecule has 0 unspecified atom stereocenters. The second-order valence-electron chi connectivity index (χ2n) is 15.7. The first-order valence-corrected chi connectivity index (χ1v) is 20.1. The monoisotopic (exact) mass is 734 g/mol. The number of rotatable bonds is 4. The Bertz CT molecular complexity index is 3650. The van der Waals surface area contributed by atoms with Gasteiger partial charge in [0.15, 0.2) is 0 Å². The van der Waals surface area contributed by atoms with E-state index in [9.17, 15) is 0 Å². The largest absolute Gasteiger partial charge is 0.309 e. The zero-order valence-corrected chi connectivity index (χ0v) is 31.5. The molecule has 0 amide bonds. The van der Waals surface area contributed by atoms with Gasteiger partial charge in [-0.15, -0.1) is 0 Å². The molecule has 2 heteroatoms. The van der Waals surface area contributed by atoms with Crippen LogP contribution in [0.1, 0.15) is 0 Å². The van der Waals surface area contributed by atoms with Gasteiger partial charge in [0.25, 0.3) is 0 Å². The van der Waals surface area contributed by atoms with Crippen LogP contribution in [0.5, 0.6) is 0 Å². The number of para-hydroxylation sites is 2. The molecule has 1 aliphatic rings. The fourth-order valence-electron chi connectivity index (χ4n) is 10.0. The van der Waals surface area contributed by atoms with Gasteiger partial charge >= 0.3 is 0 Å². The summed E-state index contributed by atoms with van der Waals surface area (Å²) in [5.41, 5.74) is 17.3. The number of nitrogens with zero attached hydrogens (tertiary/aromatic N) is 2. The highest BCUT2D eigenvalue weighted by atomic mass is 15.0. The first-order chi connectivity index (χ1) is 28.8. The zero-order chi connectivity index (χ0) is 37.9. The molecule has 0 fully saturated rings. The van der Waals surface area contributed by atoms with Crippen molar-refractivity contribution in [2.24, 2.45) is 0 Å². The Morgan fingerprint density at radius 2 is 0.862 bits per heavy atom. The highest BCUT2D eigenvalue weighted by Gasteiger charge is 2.22. The minimum atomic E-state index is 1.15. The fraction of sp³-hybridized carbons (Fsp3) is 0. The summed E-state index contributed by atoms with van der Waals surface area (Å²) < 4.78 is 4.87. The zero-order valence-electron chi connectivity index (χ0n) is 31.5. The Kier molecular flexibility index (Phi) is 6.47. The molecule has 0 saturated heterocycles. The van der Waals surface area contributed by atoms with Crippen LogP contribution in [-0.4, -0.2) is 9.13 Å². The van der Waals surface area contributed by atoms with E-state index < -0.39 is 0 Å². The lowest BCUT2D eigenvalue weighted by Gasteiger charge is -2.12. The van der Waals surface area contributed by atoms with Crippen LogP contribution in [0.25, 0.3) is 121 Å². The molecular formula is C56H34N2. The van der Waals surface area contributed by atoms with Gasteiger partial charge in [-0.1, -0.05) is 152 Å². The van der Waals surface area contributed by atoms with E-state index in [-0.39, 0.29) is 0 Å². The highest BCUT2D eigenvalue weighted by Crippen LogP contribution is 2.48. The average molecular weight is 735 g/mol. The van der Waals surface area contributed by atoms with Gasteiger partial charge in [0.1, 0.15) is 0 Å². The molecule has 0 aliphatic heterocycles. The Balaban J connectivity index is 0.945. The van der Waals surface area contributed by atoms with E-state index in [1.54, 1.807) is 0 Å². The summed E-state index contributed by atoms with van der Waals surface area (Å²) in [5, 5.41) is 10.2. The molecule has 0 radical (unpaired) electrons. The molecule has 10 aromatic carbocycles. The first-order valence-electron chi connectivity index (χ1n) is 20.1. The fourth-order valence-corrected chi connectivity index (χ4v) is 10.0. The molecule has 0 atom stereocenters. The van der Waals surface area contributed by atoms with Crippen molar-refractivity contribution in [3.05, 3.63) is 206 Å². The van der Waals surface area contributed by atoms with Crippen LogP contribution in [0.4, 0.5) is 0 Å². The van der Waals surface area contributed by atoms with Gasteiger partial charge in [-0.25, -0.2) is 0 Å². The lowest BCUT2D eigenvalue weighted by Crippen LogP contribution is -1.94. The Labute approximate surface area is 335 Å². The Morgan fingerprint density at radius 3 is 1.72 bits per heavy atom. The molecule has 2 heterocycles. The van der Waals surface area contributed by atoms with Gasteiger partial charge < -0.3 is 9.13 Å². The molecule has 0 N–H and O–H groups in total. The van der Waals surface area contributed by atoms with E-state index in [2.05, 4.69) is 215 Å².